The molecule has 1 N–H and O–H groups in total. The summed E-state index contributed by atoms with van der Waals surface area (Å²) in [4.78, 5) is 10.5. The zero-order valence-electron chi connectivity index (χ0n) is 10.7. The summed E-state index contributed by atoms with van der Waals surface area (Å²) < 4.78 is 14.6. The molecule has 0 spiro atoms. The number of carboxylic acid groups (broad SMARTS) is 1. The molecule has 0 aliphatic heterocycles. The maximum atomic E-state index is 14.6. The first kappa shape index (κ1) is 13.7. The minimum Gasteiger partial charge on any atom is -0.481 e. The van der Waals surface area contributed by atoms with E-state index in [4.69, 9.17) is 5.11 Å². The molecule has 1 rings (SSSR count). The van der Waals surface area contributed by atoms with Gasteiger partial charge in [0.25, 0.3) is 0 Å². The monoisotopic (exact) mass is 238 g/mol. The van der Waals surface area contributed by atoms with E-state index >= 15 is 0 Å². The van der Waals surface area contributed by atoms with Crippen LogP contribution in [0.1, 0.15) is 38.8 Å². The first-order valence-corrected chi connectivity index (χ1v) is 5.65. The second-order valence-electron chi connectivity index (χ2n) is 5.52. The molecule has 0 bridgehead atoms. The van der Waals surface area contributed by atoms with Crippen LogP contribution in [0.5, 0.6) is 0 Å². The van der Waals surface area contributed by atoms with Gasteiger partial charge in [0, 0.05) is 0 Å². The predicted molar refractivity (Wildman–Crippen MR) is 65.7 cm³/mol. The van der Waals surface area contributed by atoms with E-state index in [1.54, 1.807) is 31.2 Å². The van der Waals surface area contributed by atoms with Gasteiger partial charge in [0.2, 0.25) is 0 Å². The minimum atomic E-state index is -1.44. The summed E-state index contributed by atoms with van der Waals surface area (Å²) in [6.45, 7) is 7.09. The van der Waals surface area contributed by atoms with Crippen LogP contribution in [-0.2, 0) is 16.9 Å². The van der Waals surface area contributed by atoms with Gasteiger partial charge in [-0.2, -0.15) is 0 Å². The molecule has 1 atom stereocenters. The van der Waals surface area contributed by atoms with Gasteiger partial charge in [-0.15, -0.1) is 0 Å². The topological polar surface area (TPSA) is 37.3 Å². The number of hydrogen-bond acceptors (Lipinski definition) is 1. The fourth-order valence-electron chi connectivity index (χ4n) is 1.54. The quantitative estimate of drug-likeness (QED) is 0.874. The Bertz CT molecular complexity index is 399. The van der Waals surface area contributed by atoms with Gasteiger partial charge in [-0.25, -0.2) is 4.39 Å². The average Bonchev–Trinajstić information content (AvgIpc) is 2.15. The standard InChI is InChI=1S/C14H19FO2/c1-13(2,3)14(4,15)11-7-5-10(6-8-11)9-12(16)17/h5-8H,9H2,1-4H3,(H,16,17). The lowest BCUT2D eigenvalue weighted by Gasteiger charge is -2.35. The molecule has 1 unspecified atom stereocenters. The average molecular weight is 238 g/mol. The van der Waals surface area contributed by atoms with Crippen molar-refractivity contribution in [3.63, 3.8) is 0 Å². The third-order valence-corrected chi connectivity index (χ3v) is 3.26. The van der Waals surface area contributed by atoms with Crippen LogP contribution < -0.4 is 0 Å². The molecule has 0 heterocycles. The second kappa shape index (κ2) is 4.47. The van der Waals surface area contributed by atoms with Gasteiger partial charge in [-0.3, -0.25) is 4.79 Å². The smallest absolute Gasteiger partial charge is 0.307 e. The molecule has 2 nitrogen and oxygen atoms in total. The fourth-order valence-corrected chi connectivity index (χ4v) is 1.54. The van der Waals surface area contributed by atoms with E-state index in [0.29, 0.717) is 11.1 Å². The van der Waals surface area contributed by atoms with Gasteiger partial charge in [-0.1, -0.05) is 45.0 Å². The molecule has 3 heteroatoms. The maximum Gasteiger partial charge on any atom is 0.307 e. The lowest BCUT2D eigenvalue weighted by Crippen LogP contribution is -2.32. The number of alkyl halides is 1. The summed E-state index contributed by atoms with van der Waals surface area (Å²) >= 11 is 0. The van der Waals surface area contributed by atoms with Crippen molar-refractivity contribution in [2.75, 3.05) is 0 Å². The predicted octanol–water partition coefficient (Wildman–Crippen LogP) is 3.54. The number of carboxylic acids is 1. The summed E-state index contributed by atoms with van der Waals surface area (Å²) in [6, 6.07) is 6.69. The Morgan fingerprint density at radius 1 is 1.18 bits per heavy atom. The van der Waals surface area contributed by atoms with Gasteiger partial charge >= 0.3 is 5.97 Å². The number of rotatable bonds is 3. The van der Waals surface area contributed by atoms with Gasteiger partial charge < -0.3 is 5.11 Å². The number of benzene rings is 1. The van der Waals surface area contributed by atoms with Crippen LogP contribution in [0.15, 0.2) is 24.3 Å². The number of carbonyl (C=O) groups is 1. The molecule has 0 aliphatic rings. The highest BCUT2D eigenvalue weighted by molar-refractivity contribution is 5.70. The van der Waals surface area contributed by atoms with Crippen LogP contribution in [0.4, 0.5) is 4.39 Å². The molecular formula is C14H19FO2. The van der Waals surface area contributed by atoms with E-state index in [-0.39, 0.29) is 6.42 Å². The molecule has 0 fully saturated rings. The molecule has 0 saturated heterocycles. The van der Waals surface area contributed by atoms with Gasteiger partial charge in [0.1, 0.15) is 5.67 Å². The van der Waals surface area contributed by atoms with Crippen LogP contribution in [0.3, 0.4) is 0 Å². The summed E-state index contributed by atoms with van der Waals surface area (Å²) in [6.07, 6.45) is -0.0290. The van der Waals surface area contributed by atoms with Crippen molar-refractivity contribution in [2.24, 2.45) is 5.41 Å². The lowest BCUT2D eigenvalue weighted by molar-refractivity contribution is -0.136. The van der Waals surface area contributed by atoms with Crippen molar-refractivity contribution < 1.29 is 14.3 Å². The van der Waals surface area contributed by atoms with E-state index in [0.717, 1.165) is 0 Å². The first-order chi connectivity index (χ1) is 7.64. The fraction of sp³-hybridized carbons (Fsp3) is 0.500. The van der Waals surface area contributed by atoms with E-state index in [9.17, 15) is 9.18 Å². The Kier molecular flexibility index (Phi) is 3.60. The van der Waals surface area contributed by atoms with Crippen LogP contribution in [0.2, 0.25) is 0 Å². The Morgan fingerprint density at radius 2 is 1.65 bits per heavy atom. The highest BCUT2D eigenvalue weighted by atomic mass is 19.1. The van der Waals surface area contributed by atoms with E-state index < -0.39 is 17.1 Å². The van der Waals surface area contributed by atoms with E-state index in [2.05, 4.69) is 0 Å². The largest absolute Gasteiger partial charge is 0.481 e. The Morgan fingerprint density at radius 3 is 2.00 bits per heavy atom. The van der Waals surface area contributed by atoms with Crippen LogP contribution in [-0.4, -0.2) is 11.1 Å². The molecule has 0 aromatic heterocycles. The molecule has 1 aromatic carbocycles. The van der Waals surface area contributed by atoms with Crippen LogP contribution in [0.25, 0.3) is 0 Å². The highest BCUT2D eigenvalue weighted by Gasteiger charge is 2.39. The third kappa shape index (κ3) is 3.05. The third-order valence-electron chi connectivity index (χ3n) is 3.26. The van der Waals surface area contributed by atoms with Gasteiger partial charge in [0.15, 0.2) is 0 Å². The normalized spacial score (nSPS) is 15.4. The molecular weight excluding hydrogens is 219 g/mol. The van der Waals surface area contributed by atoms with Crippen molar-refractivity contribution in [2.45, 2.75) is 39.8 Å². The highest BCUT2D eigenvalue weighted by Crippen LogP contribution is 2.42. The molecule has 0 aliphatic carbocycles. The maximum absolute atomic E-state index is 14.6. The molecule has 0 radical (unpaired) electrons. The van der Waals surface area contributed by atoms with Gasteiger partial charge in [-0.05, 0) is 23.5 Å². The summed E-state index contributed by atoms with van der Waals surface area (Å²) in [5, 5.41) is 8.65. The van der Waals surface area contributed by atoms with Crippen LogP contribution >= 0.6 is 0 Å². The van der Waals surface area contributed by atoms with Crippen molar-refractivity contribution in [1.29, 1.82) is 0 Å². The SMILES string of the molecule is CC(C)(C)C(C)(F)c1ccc(CC(=O)O)cc1. The zero-order valence-corrected chi connectivity index (χ0v) is 10.7. The Labute approximate surface area is 101 Å². The molecule has 0 saturated carbocycles. The van der Waals surface area contributed by atoms with Gasteiger partial charge in [0.05, 0.1) is 6.42 Å². The summed E-state index contributed by atoms with van der Waals surface area (Å²) in [7, 11) is 0. The van der Waals surface area contributed by atoms with Crippen molar-refractivity contribution in [1.82, 2.24) is 0 Å². The van der Waals surface area contributed by atoms with Crippen molar-refractivity contribution in [3.05, 3.63) is 35.4 Å². The first-order valence-electron chi connectivity index (χ1n) is 5.65. The number of hydrogen-bond donors (Lipinski definition) is 1. The van der Waals surface area contributed by atoms with Crippen molar-refractivity contribution in [3.8, 4) is 0 Å². The summed E-state index contributed by atoms with van der Waals surface area (Å²) in [5.74, 6) is -0.878. The zero-order chi connectivity index (χ0) is 13.3. The minimum absolute atomic E-state index is 0.0290. The van der Waals surface area contributed by atoms with E-state index in [1.165, 1.54) is 0 Å². The Hall–Kier alpha value is -1.38. The molecule has 0 amide bonds. The molecule has 94 valence electrons. The lowest BCUT2D eigenvalue weighted by atomic mass is 9.75. The van der Waals surface area contributed by atoms with Crippen LogP contribution in [0, 0.1) is 5.41 Å². The van der Waals surface area contributed by atoms with E-state index in [1.807, 2.05) is 20.8 Å². The number of aliphatic carboxylic acids is 1. The van der Waals surface area contributed by atoms with Crippen molar-refractivity contribution >= 4 is 5.97 Å². The number of halogens is 1. The molecule has 1 aromatic rings. The summed E-state index contributed by atoms with van der Waals surface area (Å²) in [5.41, 5.74) is -0.666. The second-order valence-corrected chi connectivity index (χ2v) is 5.52. The Balaban J connectivity index is 2.99. The molecule has 17 heavy (non-hydrogen) atoms.